The van der Waals surface area contributed by atoms with Crippen LogP contribution in [0.3, 0.4) is 0 Å². The number of rotatable bonds is 6. The van der Waals surface area contributed by atoms with E-state index in [1.54, 1.807) is 31.3 Å². The fourth-order valence-corrected chi connectivity index (χ4v) is 1.65. The van der Waals surface area contributed by atoms with E-state index in [2.05, 4.69) is 0 Å². The van der Waals surface area contributed by atoms with Gasteiger partial charge in [0.15, 0.2) is 0 Å². The van der Waals surface area contributed by atoms with Gasteiger partial charge >= 0.3 is 5.97 Å². The van der Waals surface area contributed by atoms with Crippen LogP contribution in [0.5, 0.6) is 0 Å². The number of hydrogen-bond acceptors (Lipinski definition) is 4. The normalized spacial score (nSPS) is 10.1. The summed E-state index contributed by atoms with van der Waals surface area (Å²) in [6, 6.07) is 6.85. The lowest BCUT2D eigenvalue weighted by molar-refractivity contribution is -0.119. The van der Waals surface area contributed by atoms with E-state index in [0.717, 1.165) is 0 Å². The number of anilines is 1. The lowest BCUT2D eigenvalue weighted by Gasteiger charge is -2.19. The zero-order valence-electron chi connectivity index (χ0n) is 11.5. The van der Waals surface area contributed by atoms with Crippen LogP contribution in [0.1, 0.15) is 23.7 Å². The van der Waals surface area contributed by atoms with Gasteiger partial charge in [-0.25, -0.2) is 4.79 Å². The maximum atomic E-state index is 12.0. The standard InChI is InChI=1S/C14H19NO4/c1-4-19-10-9-13(16)15(2)12-8-6-5-7-11(12)14(17)18-3/h5-8H,4,9-10H2,1-3H3. The van der Waals surface area contributed by atoms with Crippen LogP contribution in [-0.2, 0) is 14.3 Å². The van der Waals surface area contributed by atoms with Gasteiger partial charge in [0.05, 0.1) is 31.4 Å². The fraction of sp³-hybridized carbons (Fsp3) is 0.429. The van der Waals surface area contributed by atoms with E-state index >= 15 is 0 Å². The Hall–Kier alpha value is -1.88. The molecule has 1 aromatic carbocycles. The van der Waals surface area contributed by atoms with Gasteiger partial charge in [-0.05, 0) is 19.1 Å². The van der Waals surface area contributed by atoms with Crippen molar-refractivity contribution in [1.29, 1.82) is 0 Å². The van der Waals surface area contributed by atoms with Crippen LogP contribution in [0.4, 0.5) is 5.69 Å². The summed E-state index contributed by atoms with van der Waals surface area (Å²) in [5, 5.41) is 0. The van der Waals surface area contributed by atoms with Crippen molar-refractivity contribution in [2.75, 3.05) is 32.3 Å². The highest BCUT2D eigenvalue weighted by Gasteiger charge is 2.18. The molecule has 0 aliphatic carbocycles. The molecular formula is C14H19NO4. The van der Waals surface area contributed by atoms with Crippen LogP contribution < -0.4 is 4.90 Å². The molecule has 0 aliphatic rings. The maximum Gasteiger partial charge on any atom is 0.339 e. The lowest BCUT2D eigenvalue weighted by Crippen LogP contribution is -2.28. The first-order valence-electron chi connectivity index (χ1n) is 6.13. The van der Waals surface area contributed by atoms with Crippen LogP contribution in [-0.4, -0.2) is 39.2 Å². The minimum atomic E-state index is -0.458. The number of ether oxygens (including phenoxy) is 2. The molecule has 19 heavy (non-hydrogen) atoms. The van der Waals surface area contributed by atoms with E-state index < -0.39 is 5.97 Å². The Morgan fingerprint density at radius 3 is 2.58 bits per heavy atom. The number of nitrogens with zero attached hydrogens (tertiary/aromatic N) is 1. The Kier molecular flexibility index (Phi) is 6.02. The molecule has 0 radical (unpaired) electrons. The van der Waals surface area contributed by atoms with Crippen molar-refractivity contribution in [1.82, 2.24) is 0 Å². The molecule has 0 fully saturated rings. The van der Waals surface area contributed by atoms with Gasteiger partial charge in [0.2, 0.25) is 5.91 Å². The average molecular weight is 265 g/mol. The Morgan fingerprint density at radius 2 is 1.95 bits per heavy atom. The summed E-state index contributed by atoms with van der Waals surface area (Å²) in [5.41, 5.74) is 0.910. The molecule has 0 N–H and O–H groups in total. The van der Waals surface area contributed by atoms with Gasteiger partial charge in [0, 0.05) is 13.7 Å². The highest BCUT2D eigenvalue weighted by atomic mass is 16.5. The summed E-state index contributed by atoms with van der Waals surface area (Å²) in [6.45, 7) is 2.83. The second-order valence-corrected chi connectivity index (χ2v) is 3.91. The predicted octanol–water partition coefficient (Wildman–Crippen LogP) is 1.86. The summed E-state index contributed by atoms with van der Waals surface area (Å²) in [5.74, 6) is -0.565. The second-order valence-electron chi connectivity index (χ2n) is 3.91. The van der Waals surface area contributed by atoms with Crippen LogP contribution >= 0.6 is 0 Å². The Bertz CT molecular complexity index is 445. The van der Waals surface area contributed by atoms with Gasteiger partial charge in [-0.2, -0.15) is 0 Å². The van der Waals surface area contributed by atoms with E-state index in [9.17, 15) is 9.59 Å². The Morgan fingerprint density at radius 1 is 1.26 bits per heavy atom. The number of amides is 1. The number of methoxy groups -OCH3 is 1. The minimum Gasteiger partial charge on any atom is -0.465 e. The largest absolute Gasteiger partial charge is 0.465 e. The topological polar surface area (TPSA) is 55.8 Å². The summed E-state index contributed by atoms with van der Waals surface area (Å²) < 4.78 is 9.85. The molecule has 0 heterocycles. The van der Waals surface area contributed by atoms with Crippen molar-refractivity contribution in [3.63, 3.8) is 0 Å². The Balaban J connectivity index is 2.84. The number of esters is 1. The van der Waals surface area contributed by atoms with Gasteiger partial charge < -0.3 is 14.4 Å². The quantitative estimate of drug-likeness (QED) is 0.582. The zero-order chi connectivity index (χ0) is 14.3. The fourth-order valence-electron chi connectivity index (χ4n) is 1.65. The average Bonchev–Trinajstić information content (AvgIpc) is 2.45. The number of benzene rings is 1. The molecule has 104 valence electrons. The van der Waals surface area contributed by atoms with E-state index in [-0.39, 0.29) is 12.3 Å². The predicted molar refractivity (Wildman–Crippen MR) is 72.3 cm³/mol. The van der Waals surface area contributed by atoms with Crippen molar-refractivity contribution in [3.05, 3.63) is 29.8 Å². The van der Waals surface area contributed by atoms with Crippen LogP contribution in [0, 0.1) is 0 Å². The third-order valence-corrected chi connectivity index (χ3v) is 2.71. The molecular weight excluding hydrogens is 246 g/mol. The molecule has 0 saturated heterocycles. The summed E-state index contributed by atoms with van der Waals surface area (Å²) in [4.78, 5) is 25.1. The van der Waals surface area contributed by atoms with Crippen molar-refractivity contribution in [2.45, 2.75) is 13.3 Å². The third-order valence-electron chi connectivity index (χ3n) is 2.71. The molecule has 0 aliphatic heterocycles. The van der Waals surface area contributed by atoms with Crippen LogP contribution in [0.25, 0.3) is 0 Å². The monoisotopic (exact) mass is 265 g/mol. The van der Waals surface area contributed by atoms with Gasteiger partial charge in [-0.15, -0.1) is 0 Å². The zero-order valence-corrected chi connectivity index (χ0v) is 11.5. The molecule has 5 nitrogen and oxygen atoms in total. The van der Waals surface area contributed by atoms with Crippen LogP contribution in [0.15, 0.2) is 24.3 Å². The van der Waals surface area contributed by atoms with Gasteiger partial charge in [0.1, 0.15) is 0 Å². The molecule has 1 aromatic rings. The molecule has 5 heteroatoms. The highest BCUT2D eigenvalue weighted by Crippen LogP contribution is 2.20. The molecule has 0 bridgehead atoms. The van der Waals surface area contributed by atoms with Crippen molar-refractivity contribution < 1.29 is 19.1 Å². The van der Waals surface area contributed by atoms with Crippen molar-refractivity contribution >= 4 is 17.6 Å². The highest BCUT2D eigenvalue weighted by molar-refractivity contribution is 6.02. The van der Waals surface area contributed by atoms with Crippen LogP contribution in [0.2, 0.25) is 0 Å². The lowest BCUT2D eigenvalue weighted by atomic mass is 10.1. The maximum absolute atomic E-state index is 12.0. The van der Waals surface area contributed by atoms with Gasteiger partial charge in [-0.3, -0.25) is 4.79 Å². The van der Waals surface area contributed by atoms with Gasteiger partial charge in [-0.1, -0.05) is 12.1 Å². The smallest absolute Gasteiger partial charge is 0.339 e. The summed E-state index contributed by atoms with van der Waals surface area (Å²) >= 11 is 0. The van der Waals surface area contributed by atoms with Crippen molar-refractivity contribution in [3.8, 4) is 0 Å². The minimum absolute atomic E-state index is 0.107. The summed E-state index contributed by atoms with van der Waals surface area (Å²) in [7, 11) is 2.95. The molecule has 0 saturated carbocycles. The summed E-state index contributed by atoms with van der Waals surface area (Å²) in [6.07, 6.45) is 0.278. The first-order chi connectivity index (χ1) is 9.11. The Labute approximate surface area is 113 Å². The van der Waals surface area contributed by atoms with E-state index in [1.165, 1.54) is 12.0 Å². The van der Waals surface area contributed by atoms with E-state index in [1.807, 2.05) is 6.92 Å². The number of hydrogen-bond donors (Lipinski definition) is 0. The first kappa shape index (κ1) is 15.2. The molecule has 1 rings (SSSR count). The van der Waals surface area contributed by atoms with Crippen molar-refractivity contribution in [2.24, 2.45) is 0 Å². The SMILES string of the molecule is CCOCCC(=O)N(C)c1ccccc1C(=O)OC. The first-order valence-corrected chi connectivity index (χ1v) is 6.13. The molecule has 0 spiro atoms. The molecule has 0 atom stereocenters. The van der Waals surface area contributed by atoms with E-state index in [0.29, 0.717) is 24.5 Å². The second kappa shape index (κ2) is 7.53. The number of carbonyl (C=O) groups is 2. The molecule has 1 amide bonds. The number of carbonyl (C=O) groups excluding carboxylic acids is 2. The third kappa shape index (κ3) is 4.06. The van der Waals surface area contributed by atoms with Gasteiger partial charge in [0.25, 0.3) is 0 Å². The number of para-hydroxylation sites is 1. The van der Waals surface area contributed by atoms with E-state index in [4.69, 9.17) is 9.47 Å². The molecule has 0 unspecified atom stereocenters. The molecule has 0 aromatic heterocycles.